The lowest BCUT2D eigenvalue weighted by atomic mass is 9.93. The normalized spacial score (nSPS) is 28.3. The number of unbranched alkanes of at least 4 members (excludes halogenated alkanes) is 1. The lowest BCUT2D eigenvalue weighted by Gasteiger charge is -2.45. The molecule has 2 nitrogen and oxygen atoms in total. The third kappa shape index (κ3) is 5.07. The molecule has 114 valence electrons. The highest BCUT2D eigenvalue weighted by Gasteiger charge is 2.31. The molecule has 1 aliphatic rings. The van der Waals surface area contributed by atoms with Crippen LogP contribution in [0.2, 0.25) is 0 Å². The van der Waals surface area contributed by atoms with Crippen LogP contribution in [0.15, 0.2) is 0 Å². The maximum Gasteiger partial charge on any atom is 0.0221 e. The van der Waals surface area contributed by atoms with Crippen molar-refractivity contribution in [1.29, 1.82) is 0 Å². The minimum atomic E-state index is 0.696. The standard InChI is InChI=1S/C17H36N2/c1-6-9-11-16(10-7-2)19-13-17(14(4)8-3)18-12-15(19)5/h14-18H,6-13H2,1-5H3. The Hall–Kier alpha value is -0.0800. The second-order valence-electron chi connectivity index (χ2n) is 6.53. The van der Waals surface area contributed by atoms with Gasteiger partial charge in [0.15, 0.2) is 0 Å². The first-order valence-corrected chi connectivity index (χ1v) is 8.63. The van der Waals surface area contributed by atoms with Crippen molar-refractivity contribution in [1.82, 2.24) is 10.2 Å². The van der Waals surface area contributed by atoms with Crippen LogP contribution in [0.1, 0.15) is 73.1 Å². The fourth-order valence-electron chi connectivity index (χ4n) is 3.33. The second-order valence-corrected chi connectivity index (χ2v) is 6.53. The zero-order valence-electron chi connectivity index (χ0n) is 13.9. The van der Waals surface area contributed by atoms with E-state index in [1.54, 1.807) is 0 Å². The van der Waals surface area contributed by atoms with Gasteiger partial charge in [-0.1, -0.05) is 53.4 Å². The Balaban J connectivity index is 2.63. The Morgan fingerprint density at radius 2 is 1.89 bits per heavy atom. The maximum atomic E-state index is 3.76. The molecule has 0 amide bonds. The highest BCUT2D eigenvalue weighted by molar-refractivity contribution is 4.89. The Labute approximate surface area is 121 Å². The van der Waals surface area contributed by atoms with E-state index in [2.05, 4.69) is 44.8 Å². The van der Waals surface area contributed by atoms with Gasteiger partial charge in [0.1, 0.15) is 0 Å². The summed E-state index contributed by atoms with van der Waals surface area (Å²) in [5.74, 6) is 0.795. The largest absolute Gasteiger partial charge is 0.311 e. The van der Waals surface area contributed by atoms with Gasteiger partial charge < -0.3 is 5.32 Å². The third-order valence-electron chi connectivity index (χ3n) is 4.96. The molecule has 1 N–H and O–H groups in total. The van der Waals surface area contributed by atoms with E-state index in [-0.39, 0.29) is 0 Å². The van der Waals surface area contributed by atoms with Crippen LogP contribution in [0.5, 0.6) is 0 Å². The van der Waals surface area contributed by atoms with Crippen molar-refractivity contribution in [3.05, 3.63) is 0 Å². The Morgan fingerprint density at radius 3 is 2.47 bits per heavy atom. The summed E-state index contributed by atoms with van der Waals surface area (Å²) in [6, 6.07) is 2.21. The molecule has 4 unspecified atom stereocenters. The predicted octanol–water partition coefficient (Wildman–Crippen LogP) is 4.05. The Bertz CT molecular complexity index is 229. The van der Waals surface area contributed by atoms with Crippen molar-refractivity contribution < 1.29 is 0 Å². The molecule has 2 heteroatoms. The van der Waals surface area contributed by atoms with Crippen molar-refractivity contribution in [2.75, 3.05) is 13.1 Å². The van der Waals surface area contributed by atoms with E-state index in [0.29, 0.717) is 12.1 Å². The molecule has 1 rings (SSSR count). The van der Waals surface area contributed by atoms with Crippen LogP contribution in [-0.4, -0.2) is 36.1 Å². The van der Waals surface area contributed by atoms with Gasteiger partial charge in [-0.2, -0.15) is 0 Å². The van der Waals surface area contributed by atoms with Gasteiger partial charge in [-0.3, -0.25) is 4.90 Å². The van der Waals surface area contributed by atoms with Gasteiger partial charge in [0, 0.05) is 31.2 Å². The third-order valence-corrected chi connectivity index (χ3v) is 4.96. The number of nitrogens with one attached hydrogen (secondary N) is 1. The van der Waals surface area contributed by atoms with E-state index in [4.69, 9.17) is 0 Å². The first kappa shape index (κ1) is 17.0. The molecule has 1 heterocycles. The lowest BCUT2D eigenvalue weighted by Crippen LogP contribution is -2.60. The summed E-state index contributed by atoms with van der Waals surface area (Å²) in [5.41, 5.74) is 0. The molecule has 0 radical (unpaired) electrons. The fourth-order valence-corrected chi connectivity index (χ4v) is 3.33. The molecule has 1 saturated heterocycles. The van der Waals surface area contributed by atoms with Gasteiger partial charge >= 0.3 is 0 Å². The van der Waals surface area contributed by atoms with E-state index in [1.807, 2.05) is 0 Å². The monoisotopic (exact) mass is 268 g/mol. The topological polar surface area (TPSA) is 15.3 Å². The van der Waals surface area contributed by atoms with Crippen LogP contribution in [0.25, 0.3) is 0 Å². The molecule has 1 aliphatic heterocycles. The number of hydrogen-bond acceptors (Lipinski definition) is 2. The minimum absolute atomic E-state index is 0.696. The van der Waals surface area contributed by atoms with Crippen molar-refractivity contribution in [2.45, 2.75) is 91.3 Å². The van der Waals surface area contributed by atoms with Crippen LogP contribution in [-0.2, 0) is 0 Å². The highest BCUT2D eigenvalue weighted by Crippen LogP contribution is 2.22. The smallest absolute Gasteiger partial charge is 0.0221 e. The van der Waals surface area contributed by atoms with Gasteiger partial charge in [0.25, 0.3) is 0 Å². The van der Waals surface area contributed by atoms with Gasteiger partial charge in [0.2, 0.25) is 0 Å². The molecule has 0 aromatic carbocycles. The summed E-state index contributed by atoms with van der Waals surface area (Å²) in [6.07, 6.45) is 8.08. The molecule has 4 atom stereocenters. The SMILES string of the molecule is CCCCC(CCC)N1CC(C(C)CC)NCC1C. The molecule has 0 spiro atoms. The molecule has 1 fully saturated rings. The summed E-state index contributed by atoms with van der Waals surface area (Å²) < 4.78 is 0. The minimum Gasteiger partial charge on any atom is -0.311 e. The number of piperazine rings is 1. The predicted molar refractivity (Wildman–Crippen MR) is 85.6 cm³/mol. The summed E-state index contributed by atoms with van der Waals surface area (Å²) in [5, 5.41) is 3.76. The van der Waals surface area contributed by atoms with Gasteiger partial charge in [-0.25, -0.2) is 0 Å². The molecule has 0 aromatic heterocycles. The molecule has 0 bridgehead atoms. The molecule has 19 heavy (non-hydrogen) atoms. The van der Waals surface area contributed by atoms with Crippen molar-refractivity contribution in [3.63, 3.8) is 0 Å². The average molecular weight is 268 g/mol. The van der Waals surface area contributed by atoms with E-state index in [1.165, 1.54) is 51.6 Å². The molecular formula is C17H36N2. The Kier molecular flexibility index (Phi) is 8.01. The van der Waals surface area contributed by atoms with Crippen molar-refractivity contribution in [3.8, 4) is 0 Å². The molecule has 0 aliphatic carbocycles. The lowest BCUT2D eigenvalue weighted by molar-refractivity contribution is 0.0652. The fraction of sp³-hybridized carbons (Fsp3) is 1.00. The number of hydrogen-bond donors (Lipinski definition) is 1. The highest BCUT2D eigenvalue weighted by atomic mass is 15.3. The van der Waals surface area contributed by atoms with Crippen LogP contribution >= 0.6 is 0 Å². The van der Waals surface area contributed by atoms with Crippen LogP contribution in [0.3, 0.4) is 0 Å². The van der Waals surface area contributed by atoms with E-state index < -0.39 is 0 Å². The maximum absolute atomic E-state index is 3.76. The average Bonchev–Trinajstić information content (AvgIpc) is 2.43. The Morgan fingerprint density at radius 1 is 1.16 bits per heavy atom. The molecule has 0 aromatic rings. The number of nitrogens with zero attached hydrogens (tertiary/aromatic N) is 1. The quantitative estimate of drug-likeness (QED) is 0.714. The van der Waals surface area contributed by atoms with Crippen molar-refractivity contribution in [2.24, 2.45) is 5.92 Å². The summed E-state index contributed by atoms with van der Waals surface area (Å²) in [4.78, 5) is 2.81. The molecular weight excluding hydrogens is 232 g/mol. The van der Waals surface area contributed by atoms with E-state index in [9.17, 15) is 0 Å². The molecule has 0 saturated carbocycles. The first-order chi connectivity index (χ1) is 9.13. The van der Waals surface area contributed by atoms with Gasteiger partial charge in [0.05, 0.1) is 0 Å². The van der Waals surface area contributed by atoms with Gasteiger partial charge in [-0.15, -0.1) is 0 Å². The van der Waals surface area contributed by atoms with E-state index in [0.717, 1.165) is 12.0 Å². The number of rotatable bonds is 8. The first-order valence-electron chi connectivity index (χ1n) is 8.63. The summed E-state index contributed by atoms with van der Waals surface area (Å²) in [6.45, 7) is 14.2. The summed E-state index contributed by atoms with van der Waals surface area (Å²) in [7, 11) is 0. The second kappa shape index (κ2) is 8.97. The summed E-state index contributed by atoms with van der Waals surface area (Å²) >= 11 is 0. The van der Waals surface area contributed by atoms with Gasteiger partial charge in [-0.05, 0) is 25.7 Å². The van der Waals surface area contributed by atoms with E-state index >= 15 is 0 Å². The van der Waals surface area contributed by atoms with Crippen LogP contribution in [0.4, 0.5) is 0 Å². The zero-order valence-corrected chi connectivity index (χ0v) is 13.9. The van der Waals surface area contributed by atoms with Crippen LogP contribution < -0.4 is 5.32 Å². The van der Waals surface area contributed by atoms with Crippen molar-refractivity contribution >= 4 is 0 Å². The van der Waals surface area contributed by atoms with Crippen LogP contribution in [0, 0.1) is 5.92 Å². The zero-order chi connectivity index (χ0) is 14.3.